The molecule has 1 aliphatic heterocycles. The number of carbonyl (C=O) groups excluding carboxylic acids is 2. The largest absolute Gasteiger partial charge is 0.327 e. The minimum atomic E-state index is -0.329. The Balaban J connectivity index is 1.52. The van der Waals surface area contributed by atoms with E-state index < -0.39 is 0 Å². The van der Waals surface area contributed by atoms with Crippen LogP contribution in [0.15, 0.2) is 48.8 Å². The molecule has 1 saturated heterocycles. The zero-order chi connectivity index (χ0) is 17.4. The number of anilines is 1. The highest BCUT2D eigenvalue weighted by Crippen LogP contribution is 2.28. The molecule has 0 saturated carbocycles. The van der Waals surface area contributed by atoms with E-state index in [9.17, 15) is 14.0 Å². The van der Waals surface area contributed by atoms with Gasteiger partial charge in [-0.3, -0.25) is 14.6 Å². The molecule has 7 heteroatoms. The second-order valence-electron chi connectivity index (χ2n) is 5.78. The highest BCUT2D eigenvalue weighted by Gasteiger charge is 2.29. The fourth-order valence-corrected chi connectivity index (χ4v) is 3.92. The molecule has 126 valence electrons. The van der Waals surface area contributed by atoms with Crippen molar-refractivity contribution in [2.45, 2.75) is 0 Å². The molecule has 0 radical (unpaired) electrons. The normalized spacial score (nSPS) is 15.0. The summed E-state index contributed by atoms with van der Waals surface area (Å²) in [6.45, 7) is 0.897. The van der Waals surface area contributed by atoms with Crippen molar-refractivity contribution in [3.63, 3.8) is 0 Å². The van der Waals surface area contributed by atoms with Crippen molar-refractivity contribution in [2.75, 3.05) is 24.5 Å². The molecule has 0 atom stereocenters. The predicted octanol–water partition coefficient (Wildman–Crippen LogP) is 2.92. The lowest BCUT2D eigenvalue weighted by molar-refractivity contribution is -0.120. The van der Waals surface area contributed by atoms with Crippen LogP contribution in [0.5, 0.6) is 0 Å². The fourth-order valence-electron chi connectivity index (χ4n) is 2.91. The molecule has 1 aromatic carbocycles. The Morgan fingerprint density at radius 3 is 2.84 bits per heavy atom. The lowest BCUT2D eigenvalue weighted by Gasteiger charge is -2.33. The number of amides is 2. The third-order valence-electron chi connectivity index (χ3n) is 4.15. The third kappa shape index (κ3) is 2.98. The van der Waals surface area contributed by atoms with Crippen LogP contribution < -0.4 is 4.90 Å². The molecule has 0 N–H and O–H groups in total. The van der Waals surface area contributed by atoms with Gasteiger partial charge in [0, 0.05) is 24.0 Å². The van der Waals surface area contributed by atoms with E-state index in [4.69, 9.17) is 0 Å². The maximum Gasteiger partial charge on any atom is 0.264 e. The molecule has 0 bridgehead atoms. The van der Waals surface area contributed by atoms with Crippen molar-refractivity contribution < 1.29 is 14.0 Å². The van der Waals surface area contributed by atoms with E-state index in [0.29, 0.717) is 23.4 Å². The summed E-state index contributed by atoms with van der Waals surface area (Å²) in [7, 11) is 0. The summed E-state index contributed by atoms with van der Waals surface area (Å²) in [4.78, 5) is 32.8. The monoisotopic (exact) mass is 355 g/mol. The molecule has 5 nitrogen and oxygen atoms in total. The summed E-state index contributed by atoms with van der Waals surface area (Å²) in [5.74, 6) is -0.662. The van der Waals surface area contributed by atoms with E-state index in [1.807, 2.05) is 6.07 Å². The number of fused-ring (bicyclic) bond motifs is 1. The number of thiophene rings is 1. The number of rotatable bonds is 2. The summed E-state index contributed by atoms with van der Waals surface area (Å²) in [5.41, 5.74) is 0.733. The topological polar surface area (TPSA) is 53.5 Å². The number of nitrogens with zero attached hydrogens (tertiary/aromatic N) is 3. The Hall–Kier alpha value is -2.80. The van der Waals surface area contributed by atoms with Crippen LogP contribution in [0.4, 0.5) is 10.1 Å². The molecule has 3 aromatic rings. The van der Waals surface area contributed by atoms with Crippen molar-refractivity contribution in [2.24, 2.45) is 0 Å². The number of aromatic nitrogens is 1. The van der Waals surface area contributed by atoms with Crippen LogP contribution in [0.1, 0.15) is 9.67 Å². The van der Waals surface area contributed by atoms with E-state index in [2.05, 4.69) is 4.98 Å². The average molecular weight is 355 g/mol. The summed E-state index contributed by atoms with van der Waals surface area (Å²) < 4.78 is 14.2. The van der Waals surface area contributed by atoms with Crippen LogP contribution in [0.3, 0.4) is 0 Å². The molecular formula is C18H14FN3O2S. The second kappa shape index (κ2) is 6.25. The maximum absolute atomic E-state index is 13.3. The summed E-state index contributed by atoms with van der Waals surface area (Å²) in [6, 6.07) is 9.73. The van der Waals surface area contributed by atoms with E-state index in [0.717, 1.165) is 10.4 Å². The minimum Gasteiger partial charge on any atom is -0.327 e. The first-order chi connectivity index (χ1) is 12.1. The Bertz CT molecular complexity index is 957. The third-order valence-corrected chi connectivity index (χ3v) is 5.26. The van der Waals surface area contributed by atoms with Gasteiger partial charge in [0.05, 0.1) is 16.8 Å². The Kier molecular flexibility index (Phi) is 3.93. The SMILES string of the molecule is O=C(c1cc2cc(F)ccc2s1)N1CCN(c2cccnc2)C(=O)C1. The summed E-state index contributed by atoms with van der Waals surface area (Å²) in [6.07, 6.45) is 3.29. The van der Waals surface area contributed by atoms with E-state index in [1.54, 1.807) is 35.5 Å². The first-order valence-electron chi connectivity index (χ1n) is 7.80. The molecule has 3 heterocycles. The van der Waals surface area contributed by atoms with Gasteiger partial charge in [-0.05, 0) is 41.8 Å². The number of halogens is 1. The molecular weight excluding hydrogens is 341 g/mol. The summed E-state index contributed by atoms with van der Waals surface area (Å²) in [5, 5.41) is 0.702. The molecule has 4 rings (SSSR count). The molecule has 1 aliphatic rings. The van der Waals surface area contributed by atoms with Gasteiger partial charge in [0.25, 0.3) is 5.91 Å². The van der Waals surface area contributed by atoms with Gasteiger partial charge < -0.3 is 9.80 Å². The van der Waals surface area contributed by atoms with Crippen LogP contribution in [0.25, 0.3) is 10.1 Å². The lowest BCUT2D eigenvalue weighted by Crippen LogP contribution is -2.52. The van der Waals surface area contributed by atoms with Crippen molar-refractivity contribution in [3.05, 3.63) is 59.5 Å². The van der Waals surface area contributed by atoms with E-state index in [-0.39, 0.29) is 24.2 Å². The van der Waals surface area contributed by atoms with Crippen LogP contribution in [0, 0.1) is 5.82 Å². The van der Waals surface area contributed by atoms with Crippen molar-refractivity contribution >= 4 is 38.9 Å². The number of piperazine rings is 1. The molecule has 25 heavy (non-hydrogen) atoms. The number of benzene rings is 1. The van der Waals surface area contributed by atoms with Gasteiger partial charge in [-0.2, -0.15) is 0 Å². The second-order valence-corrected chi connectivity index (χ2v) is 6.86. The Morgan fingerprint density at radius 1 is 1.20 bits per heavy atom. The lowest BCUT2D eigenvalue weighted by atomic mass is 10.2. The highest BCUT2D eigenvalue weighted by atomic mass is 32.1. The van der Waals surface area contributed by atoms with Gasteiger partial charge in [0.15, 0.2) is 0 Å². The predicted molar refractivity (Wildman–Crippen MR) is 94.3 cm³/mol. The van der Waals surface area contributed by atoms with Gasteiger partial charge in [0.2, 0.25) is 5.91 Å². The minimum absolute atomic E-state index is 0.0241. The summed E-state index contributed by atoms with van der Waals surface area (Å²) >= 11 is 1.31. The number of hydrogen-bond donors (Lipinski definition) is 0. The van der Waals surface area contributed by atoms with Gasteiger partial charge >= 0.3 is 0 Å². The first kappa shape index (κ1) is 15.7. The van der Waals surface area contributed by atoms with Crippen LogP contribution in [-0.2, 0) is 4.79 Å². The quantitative estimate of drug-likeness (QED) is 0.710. The molecule has 1 fully saturated rings. The van der Waals surface area contributed by atoms with Crippen molar-refractivity contribution in [1.29, 1.82) is 0 Å². The van der Waals surface area contributed by atoms with E-state index >= 15 is 0 Å². The molecule has 0 spiro atoms. The van der Waals surface area contributed by atoms with Gasteiger partial charge in [0.1, 0.15) is 12.4 Å². The van der Waals surface area contributed by atoms with Crippen LogP contribution in [0.2, 0.25) is 0 Å². The molecule has 2 amide bonds. The molecule has 0 aliphatic carbocycles. The highest BCUT2D eigenvalue weighted by molar-refractivity contribution is 7.20. The molecule has 2 aromatic heterocycles. The Labute approximate surface area is 147 Å². The van der Waals surface area contributed by atoms with Gasteiger partial charge in [-0.25, -0.2) is 4.39 Å². The zero-order valence-electron chi connectivity index (χ0n) is 13.2. The van der Waals surface area contributed by atoms with Gasteiger partial charge in [-0.15, -0.1) is 11.3 Å². The standard InChI is InChI=1S/C18H14FN3O2S/c19-13-3-4-15-12(8-13)9-16(25-15)18(24)21-6-7-22(17(23)11-21)14-2-1-5-20-10-14/h1-5,8-10H,6-7,11H2. The number of pyridine rings is 1. The first-order valence-corrected chi connectivity index (χ1v) is 8.62. The fraction of sp³-hybridized carbons (Fsp3) is 0.167. The molecule has 0 unspecified atom stereocenters. The van der Waals surface area contributed by atoms with Crippen molar-refractivity contribution in [1.82, 2.24) is 9.88 Å². The average Bonchev–Trinajstić information content (AvgIpc) is 3.04. The van der Waals surface area contributed by atoms with Gasteiger partial charge in [-0.1, -0.05) is 0 Å². The van der Waals surface area contributed by atoms with Crippen molar-refractivity contribution in [3.8, 4) is 0 Å². The number of hydrogen-bond acceptors (Lipinski definition) is 4. The van der Waals surface area contributed by atoms with Crippen LogP contribution in [-0.4, -0.2) is 41.3 Å². The Morgan fingerprint density at radius 2 is 2.08 bits per heavy atom. The number of carbonyl (C=O) groups is 2. The van der Waals surface area contributed by atoms with E-state index in [1.165, 1.54) is 28.4 Å². The van der Waals surface area contributed by atoms with Crippen LogP contribution >= 0.6 is 11.3 Å². The maximum atomic E-state index is 13.3. The smallest absolute Gasteiger partial charge is 0.264 e. The zero-order valence-corrected chi connectivity index (χ0v) is 14.0.